The van der Waals surface area contributed by atoms with Crippen LogP contribution in [0.2, 0.25) is 0 Å². The molecule has 0 fully saturated rings. The predicted molar refractivity (Wildman–Crippen MR) is 81.5 cm³/mol. The van der Waals surface area contributed by atoms with E-state index in [9.17, 15) is 5.11 Å². The number of hydrogen-bond acceptors (Lipinski definition) is 1. The molecule has 1 aliphatic rings. The van der Waals surface area contributed by atoms with E-state index in [1.54, 1.807) is 0 Å². The highest BCUT2D eigenvalue weighted by Crippen LogP contribution is 2.30. The number of aryl methyl sites for hydroxylation is 1. The molecule has 2 aromatic rings. The maximum Gasteiger partial charge on any atom is 0.270 e. The Hall–Kier alpha value is -2.14. The molecule has 5 heteroatoms. The molecule has 106 valence electrons. The lowest BCUT2D eigenvalue weighted by atomic mass is 10.0. The van der Waals surface area contributed by atoms with Crippen molar-refractivity contribution in [2.75, 3.05) is 0 Å². The molecular weight excluding hydrogens is 330 g/mol. The van der Waals surface area contributed by atoms with Crippen molar-refractivity contribution in [1.82, 2.24) is 0 Å². The molecule has 1 aliphatic heterocycles. The maximum atomic E-state index is 12.3. The zero-order chi connectivity index (χ0) is 15.1. The third-order valence-electron chi connectivity index (χ3n) is 3.59. The first-order chi connectivity index (χ1) is 9.95. The quantitative estimate of drug-likeness (QED) is 0.416. The highest BCUT2D eigenvalue weighted by molar-refractivity contribution is 9.10. The predicted octanol–water partition coefficient (Wildman–Crippen LogP) is -2.47. The summed E-state index contributed by atoms with van der Waals surface area (Å²) in [4.78, 5) is 3.34. The van der Waals surface area contributed by atoms with Gasteiger partial charge in [-0.3, -0.25) is 11.1 Å². The lowest BCUT2D eigenvalue weighted by Gasteiger charge is -2.16. The van der Waals surface area contributed by atoms with Crippen molar-refractivity contribution in [2.45, 2.75) is 13.0 Å². The first-order valence-corrected chi connectivity index (χ1v) is 7.36. The van der Waals surface area contributed by atoms with Gasteiger partial charge in [0.15, 0.2) is 6.04 Å². The summed E-state index contributed by atoms with van der Waals surface area (Å²) in [6, 6.07) is 9.32. The molecule has 5 N–H and O–H groups in total. The van der Waals surface area contributed by atoms with Crippen LogP contribution in [-0.2, 0) is 0 Å². The fourth-order valence-electron chi connectivity index (χ4n) is 2.55. The van der Waals surface area contributed by atoms with Crippen LogP contribution in [0.1, 0.15) is 22.7 Å². The molecule has 0 saturated heterocycles. The second kappa shape index (κ2) is 5.00. The van der Waals surface area contributed by atoms with Gasteiger partial charge in [-0.1, -0.05) is 21.7 Å². The van der Waals surface area contributed by atoms with Crippen molar-refractivity contribution in [3.05, 3.63) is 62.1 Å². The summed E-state index contributed by atoms with van der Waals surface area (Å²) in [6.07, 6.45) is 2.02. The second-order valence-corrected chi connectivity index (χ2v) is 6.07. The number of halogens is 1. The Morgan fingerprint density at radius 2 is 2.10 bits per heavy atom. The van der Waals surface area contributed by atoms with Crippen LogP contribution in [-0.4, -0.2) is 5.84 Å². The topological polar surface area (TPSA) is 88.6 Å². The molecule has 0 amide bonds. The summed E-state index contributed by atoms with van der Waals surface area (Å²) in [5.74, 6) is 0.296. The van der Waals surface area contributed by atoms with Gasteiger partial charge >= 0.3 is 0 Å². The normalized spacial score (nSPS) is 16.0. The highest BCUT2D eigenvalue weighted by Gasteiger charge is 2.20. The molecule has 0 radical (unpaired) electrons. The van der Waals surface area contributed by atoms with Gasteiger partial charge in [0.2, 0.25) is 5.36 Å². The summed E-state index contributed by atoms with van der Waals surface area (Å²) < 4.78 is 0.587. The van der Waals surface area contributed by atoms with Crippen LogP contribution >= 0.6 is 15.9 Å². The monoisotopic (exact) mass is 344 g/mol. The van der Waals surface area contributed by atoms with Crippen molar-refractivity contribution in [3.8, 4) is 5.75 Å². The van der Waals surface area contributed by atoms with Crippen molar-refractivity contribution in [3.63, 3.8) is 0 Å². The number of amidine groups is 1. The van der Waals surface area contributed by atoms with Crippen molar-refractivity contribution >= 4 is 27.8 Å². The maximum absolute atomic E-state index is 12.3. The molecule has 0 aliphatic carbocycles. The van der Waals surface area contributed by atoms with Crippen LogP contribution in [0.4, 0.5) is 0 Å². The molecule has 0 spiro atoms. The summed E-state index contributed by atoms with van der Waals surface area (Å²) in [6.45, 7) is 1.97. The first-order valence-electron chi connectivity index (χ1n) is 6.56. The molecule has 0 bridgehead atoms. The standard InChI is InChI=1S/C16H14BrN3O/c1-8-4-11(15(21)12(17)5-8)14-7-10-6-9(16(18)19)2-3-13(10)20-14/h2-7,14,21H,1H3,(H3,18,19)/p+1. The van der Waals surface area contributed by atoms with E-state index < -0.39 is 0 Å². The number of nitrogens with two attached hydrogens (primary N) is 2. The van der Waals surface area contributed by atoms with Crippen LogP contribution in [0.25, 0.3) is 6.08 Å². The van der Waals surface area contributed by atoms with Crippen molar-refractivity contribution in [1.29, 1.82) is 0 Å². The van der Waals surface area contributed by atoms with Crippen LogP contribution in [0.3, 0.4) is 0 Å². The van der Waals surface area contributed by atoms with Gasteiger partial charge in [-0.25, -0.2) is 4.99 Å². The third-order valence-corrected chi connectivity index (χ3v) is 4.18. The molecule has 1 unspecified atom stereocenters. The summed E-state index contributed by atoms with van der Waals surface area (Å²) in [5, 5.41) is 19.9. The van der Waals surface area contributed by atoms with E-state index in [2.05, 4.69) is 20.9 Å². The first kappa shape index (κ1) is 13.8. The molecular formula is C16H15BrN3O+. The van der Waals surface area contributed by atoms with Crippen LogP contribution in [0.15, 0.2) is 34.8 Å². The van der Waals surface area contributed by atoms with E-state index in [0.717, 1.165) is 27.3 Å². The lowest BCUT2D eigenvalue weighted by molar-refractivity contribution is -0.528. The Morgan fingerprint density at radius 1 is 1.33 bits per heavy atom. The Labute approximate surface area is 130 Å². The van der Waals surface area contributed by atoms with Gasteiger partial charge in [-0.05, 0) is 36.8 Å². The van der Waals surface area contributed by atoms with Crippen molar-refractivity contribution in [2.24, 2.45) is 5.73 Å². The number of benzene rings is 2. The Balaban J connectivity index is 2.13. The van der Waals surface area contributed by atoms with E-state index in [1.807, 2.05) is 43.3 Å². The van der Waals surface area contributed by atoms with Gasteiger partial charge in [-0.15, -0.1) is 0 Å². The average molecular weight is 345 g/mol. The van der Waals surface area contributed by atoms with E-state index in [0.29, 0.717) is 4.47 Å². The zero-order valence-corrected chi connectivity index (χ0v) is 13.1. The summed E-state index contributed by atoms with van der Waals surface area (Å²) in [7, 11) is 0. The average Bonchev–Trinajstić information content (AvgIpc) is 2.85. The van der Waals surface area contributed by atoms with E-state index in [-0.39, 0.29) is 17.6 Å². The lowest BCUT2D eigenvalue weighted by Crippen LogP contribution is -2.76. The van der Waals surface area contributed by atoms with Gasteiger partial charge < -0.3 is 5.11 Å². The summed E-state index contributed by atoms with van der Waals surface area (Å²) >= 11 is 3.32. The minimum absolute atomic E-state index is 0.00674. The van der Waals surface area contributed by atoms with Gasteiger partial charge in [0.1, 0.15) is 0 Å². The second-order valence-electron chi connectivity index (χ2n) is 5.21. The minimum Gasteiger partial charge on any atom is -0.871 e. The SMILES string of the molecule is Cc1cc(Br)c([O-])c(C2C=c3cc(C(N)=[NH2+])ccc3=[NH+]2)c1. The van der Waals surface area contributed by atoms with E-state index in [1.165, 1.54) is 0 Å². The van der Waals surface area contributed by atoms with Crippen LogP contribution in [0, 0.1) is 6.92 Å². The Morgan fingerprint density at radius 3 is 2.81 bits per heavy atom. The summed E-state index contributed by atoms with van der Waals surface area (Å²) in [5.41, 5.74) is 8.18. The molecule has 4 nitrogen and oxygen atoms in total. The number of rotatable bonds is 2. The fourth-order valence-corrected chi connectivity index (χ4v) is 3.14. The van der Waals surface area contributed by atoms with E-state index in [4.69, 9.17) is 11.1 Å². The largest absolute Gasteiger partial charge is 0.871 e. The Bertz CT molecular complexity index is 874. The molecule has 21 heavy (non-hydrogen) atoms. The molecule has 0 aromatic heterocycles. The molecule has 0 saturated carbocycles. The van der Waals surface area contributed by atoms with Gasteiger partial charge in [0.05, 0.1) is 5.56 Å². The number of fused-ring (bicyclic) bond motifs is 1. The molecule has 1 atom stereocenters. The Kier molecular flexibility index (Phi) is 3.29. The van der Waals surface area contributed by atoms with Gasteiger partial charge in [0, 0.05) is 27.4 Å². The van der Waals surface area contributed by atoms with Gasteiger partial charge in [-0.2, -0.15) is 0 Å². The zero-order valence-electron chi connectivity index (χ0n) is 11.5. The molecule has 1 heterocycles. The third kappa shape index (κ3) is 2.45. The van der Waals surface area contributed by atoms with E-state index >= 15 is 0 Å². The van der Waals surface area contributed by atoms with Crippen molar-refractivity contribution < 1.29 is 15.5 Å². The molecule has 2 aromatic carbocycles. The molecule has 3 rings (SSSR count). The highest BCUT2D eigenvalue weighted by atomic mass is 79.9. The number of hydrogen-bond donors (Lipinski definition) is 3. The van der Waals surface area contributed by atoms with Crippen LogP contribution in [0.5, 0.6) is 5.75 Å². The smallest absolute Gasteiger partial charge is 0.270 e. The fraction of sp³-hybridized carbons (Fsp3) is 0.125. The minimum atomic E-state index is -0.141. The van der Waals surface area contributed by atoms with Gasteiger partial charge in [0.25, 0.3) is 5.84 Å². The number of nitrogens with one attached hydrogen (secondary N) is 1. The van der Waals surface area contributed by atoms with Crippen LogP contribution < -0.4 is 31.8 Å².